The number of likely N-dealkylation sites (N-methyl/N-ethyl adjacent to an activating group) is 1. The van der Waals surface area contributed by atoms with Crippen molar-refractivity contribution in [3.05, 3.63) is 17.3 Å². The molecule has 10 heteroatoms. The Labute approximate surface area is 141 Å². The number of aromatic nitrogens is 1. The highest BCUT2D eigenvalue weighted by atomic mass is 35.5. The average molecular weight is 349 g/mol. The number of anilines is 1. The van der Waals surface area contributed by atoms with Crippen LogP contribution in [-0.2, 0) is 4.79 Å². The number of fused-ring (bicyclic) bond motifs is 3. The van der Waals surface area contributed by atoms with Crippen LogP contribution in [0.2, 0.25) is 5.15 Å². The maximum atomic E-state index is 11.8. The van der Waals surface area contributed by atoms with E-state index in [4.69, 9.17) is 16.7 Å². The fourth-order valence-corrected chi connectivity index (χ4v) is 3.02. The number of aliphatic imine (C=N–C) groups is 2. The van der Waals surface area contributed by atoms with Gasteiger partial charge < -0.3 is 14.9 Å². The molecule has 0 spiro atoms. The lowest BCUT2D eigenvalue weighted by molar-refractivity contribution is -0.115. The van der Waals surface area contributed by atoms with Gasteiger partial charge in [0.1, 0.15) is 17.4 Å². The molecule has 0 aliphatic carbocycles. The number of carboxylic acid groups (broad SMARTS) is 1. The molecule has 1 aromatic rings. The van der Waals surface area contributed by atoms with Gasteiger partial charge in [0.25, 0.3) is 5.91 Å². The molecule has 1 aromatic heterocycles. The normalized spacial score (nSPS) is 19.3. The molecular weight excluding hydrogens is 336 g/mol. The summed E-state index contributed by atoms with van der Waals surface area (Å²) in [6, 6.07) is 3.27. The first kappa shape index (κ1) is 14.9. The number of rotatable bonds is 1. The highest BCUT2D eigenvalue weighted by molar-refractivity contribution is 6.50. The molecular formula is C14H13ClN6O3. The summed E-state index contributed by atoms with van der Waals surface area (Å²) in [5.41, 5.74) is 0.609. The van der Waals surface area contributed by atoms with E-state index in [9.17, 15) is 9.59 Å². The minimum absolute atomic E-state index is 0.0982. The minimum atomic E-state index is -0.968. The largest absolute Gasteiger partial charge is 0.465 e. The molecule has 0 radical (unpaired) electrons. The molecule has 4 heterocycles. The Morgan fingerprint density at radius 2 is 2.08 bits per heavy atom. The molecule has 124 valence electrons. The summed E-state index contributed by atoms with van der Waals surface area (Å²) < 4.78 is 0. The average Bonchev–Trinajstić information content (AvgIpc) is 2.88. The first-order chi connectivity index (χ1) is 11.4. The van der Waals surface area contributed by atoms with Gasteiger partial charge in [-0.25, -0.2) is 14.8 Å². The number of pyridine rings is 1. The fraction of sp³-hybridized carbons (Fsp3) is 0.357. The maximum Gasteiger partial charge on any atom is 0.407 e. The number of amidine groups is 2. The number of hydrogen-bond donors (Lipinski definition) is 1. The summed E-state index contributed by atoms with van der Waals surface area (Å²) in [6.45, 7) is 1.10. The maximum absolute atomic E-state index is 11.8. The van der Waals surface area contributed by atoms with Gasteiger partial charge in [0.15, 0.2) is 17.5 Å². The smallest absolute Gasteiger partial charge is 0.407 e. The van der Waals surface area contributed by atoms with Gasteiger partial charge in [0.05, 0.1) is 6.04 Å². The Morgan fingerprint density at radius 3 is 2.79 bits per heavy atom. The summed E-state index contributed by atoms with van der Waals surface area (Å²) in [7, 11) is 1.54. The molecule has 3 aliphatic rings. The zero-order valence-corrected chi connectivity index (χ0v) is 13.4. The second-order valence-corrected chi connectivity index (χ2v) is 6.17. The van der Waals surface area contributed by atoms with Gasteiger partial charge in [-0.15, -0.1) is 0 Å². The van der Waals surface area contributed by atoms with Crippen molar-refractivity contribution >= 4 is 46.8 Å². The van der Waals surface area contributed by atoms with Crippen LogP contribution in [0.3, 0.4) is 0 Å². The standard InChI is InChI=1S/C14H13ClN6O3/c1-19(14(23)24)7-4-20(5-7)12-13-18-10(22)6-21(13)11-8(16-12)2-3-9(15)17-11/h2-3,7H,4-6H2,1H3,(H,23,24). The minimum Gasteiger partial charge on any atom is -0.465 e. The van der Waals surface area contributed by atoms with Gasteiger partial charge in [0.2, 0.25) is 0 Å². The number of hydrogen-bond acceptors (Lipinski definition) is 6. The molecule has 1 saturated heterocycles. The van der Waals surface area contributed by atoms with E-state index in [1.807, 2.05) is 4.90 Å². The molecule has 24 heavy (non-hydrogen) atoms. The van der Waals surface area contributed by atoms with E-state index in [0.717, 1.165) is 0 Å². The van der Waals surface area contributed by atoms with Crippen molar-refractivity contribution in [3.8, 4) is 0 Å². The third-order valence-corrected chi connectivity index (χ3v) is 4.50. The first-order valence-corrected chi connectivity index (χ1v) is 7.67. The summed E-state index contributed by atoms with van der Waals surface area (Å²) in [6.07, 6.45) is -0.968. The molecule has 0 saturated carbocycles. The topological polar surface area (TPSA) is 102 Å². The van der Waals surface area contributed by atoms with Crippen molar-refractivity contribution in [2.45, 2.75) is 6.04 Å². The van der Waals surface area contributed by atoms with Gasteiger partial charge >= 0.3 is 6.09 Å². The van der Waals surface area contributed by atoms with Crippen LogP contribution >= 0.6 is 11.6 Å². The van der Waals surface area contributed by atoms with Crippen LogP contribution < -0.4 is 4.90 Å². The van der Waals surface area contributed by atoms with Gasteiger partial charge in [-0.05, 0) is 12.1 Å². The Morgan fingerprint density at radius 1 is 1.33 bits per heavy atom. The van der Waals surface area contributed by atoms with Gasteiger partial charge in [-0.2, -0.15) is 4.99 Å². The lowest BCUT2D eigenvalue weighted by Gasteiger charge is -2.45. The number of nitrogens with zero attached hydrogens (tertiary/aromatic N) is 6. The van der Waals surface area contributed by atoms with Crippen molar-refractivity contribution in [2.24, 2.45) is 9.98 Å². The second kappa shape index (κ2) is 5.17. The van der Waals surface area contributed by atoms with E-state index >= 15 is 0 Å². The number of halogens is 1. The highest BCUT2D eigenvalue weighted by Crippen LogP contribution is 2.35. The zero-order valence-electron chi connectivity index (χ0n) is 12.7. The van der Waals surface area contributed by atoms with Crippen molar-refractivity contribution < 1.29 is 14.7 Å². The zero-order chi connectivity index (χ0) is 17.0. The van der Waals surface area contributed by atoms with Gasteiger partial charge in [-0.3, -0.25) is 9.69 Å². The molecule has 1 N–H and O–H groups in total. The molecule has 0 bridgehead atoms. The van der Waals surface area contributed by atoms with Crippen LogP contribution in [0.25, 0.3) is 0 Å². The summed E-state index contributed by atoms with van der Waals surface area (Å²) >= 11 is 5.94. The quantitative estimate of drug-likeness (QED) is 0.754. The molecule has 4 rings (SSSR count). The van der Waals surface area contributed by atoms with E-state index in [1.165, 1.54) is 11.9 Å². The lowest BCUT2D eigenvalue weighted by atomic mass is 10.1. The first-order valence-electron chi connectivity index (χ1n) is 7.29. The van der Waals surface area contributed by atoms with Crippen LogP contribution in [-0.4, -0.2) is 76.3 Å². The van der Waals surface area contributed by atoms with E-state index in [1.54, 1.807) is 17.0 Å². The Balaban J connectivity index is 1.66. The van der Waals surface area contributed by atoms with E-state index in [2.05, 4.69) is 15.0 Å². The Bertz CT molecular complexity index is 817. The van der Waals surface area contributed by atoms with Gasteiger partial charge in [0, 0.05) is 20.1 Å². The predicted octanol–water partition coefficient (Wildman–Crippen LogP) is 0.818. The van der Waals surface area contributed by atoms with Crippen molar-refractivity contribution in [2.75, 3.05) is 31.6 Å². The number of likely N-dealkylation sites (tertiary alicyclic amines) is 1. The van der Waals surface area contributed by atoms with Crippen molar-refractivity contribution in [1.29, 1.82) is 0 Å². The van der Waals surface area contributed by atoms with E-state index in [-0.39, 0.29) is 18.5 Å². The predicted molar refractivity (Wildman–Crippen MR) is 87.3 cm³/mol. The number of amides is 2. The molecule has 1 fully saturated rings. The van der Waals surface area contributed by atoms with E-state index < -0.39 is 6.09 Å². The molecule has 9 nitrogen and oxygen atoms in total. The summed E-state index contributed by atoms with van der Waals surface area (Å²) in [4.78, 5) is 40.5. The van der Waals surface area contributed by atoms with E-state index in [0.29, 0.717) is 41.4 Å². The number of carbonyl (C=O) groups is 2. The summed E-state index contributed by atoms with van der Waals surface area (Å²) in [5.74, 6) is 1.24. The van der Waals surface area contributed by atoms with Crippen molar-refractivity contribution in [1.82, 2.24) is 14.8 Å². The SMILES string of the molecule is CN(C(=O)O)C1CN(C2=Nc3ccc(Cl)nc3N3CC(=O)N=C23)C1. The van der Waals surface area contributed by atoms with Crippen LogP contribution in [0.1, 0.15) is 0 Å². The van der Waals surface area contributed by atoms with Gasteiger partial charge in [-0.1, -0.05) is 11.6 Å². The molecule has 0 aromatic carbocycles. The molecule has 0 unspecified atom stereocenters. The number of carbonyl (C=O) groups excluding carboxylic acids is 1. The molecule has 0 atom stereocenters. The fourth-order valence-electron chi connectivity index (χ4n) is 2.88. The third-order valence-electron chi connectivity index (χ3n) is 4.29. The third kappa shape index (κ3) is 2.20. The monoisotopic (exact) mass is 348 g/mol. The van der Waals surface area contributed by atoms with Crippen molar-refractivity contribution in [3.63, 3.8) is 0 Å². The van der Waals surface area contributed by atoms with Crippen LogP contribution in [0.5, 0.6) is 0 Å². The Kier molecular flexibility index (Phi) is 3.20. The highest BCUT2D eigenvalue weighted by Gasteiger charge is 2.42. The molecule has 3 aliphatic heterocycles. The van der Waals surface area contributed by atoms with Crippen LogP contribution in [0, 0.1) is 0 Å². The lowest BCUT2D eigenvalue weighted by Crippen LogP contribution is -2.63. The second-order valence-electron chi connectivity index (χ2n) is 5.78. The van der Waals surface area contributed by atoms with Crippen LogP contribution in [0.15, 0.2) is 22.1 Å². The summed E-state index contributed by atoms with van der Waals surface area (Å²) in [5, 5.41) is 9.35. The molecule has 2 amide bonds. The van der Waals surface area contributed by atoms with Crippen LogP contribution in [0.4, 0.5) is 16.3 Å². The Hall–Kier alpha value is -2.68.